The first kappa shape index (κ1) is 26.3. The highest BCUT2D eigenvalue weighted by atomic mass is 28.4. The molecule has 1 atom stereocenters. The molecule has 0 fully saturated rings. The van der Waals surface area contributed by atoms with Gasteiger partial charge in [-0.1, -0.05) is 33.1 Å². The zero-order valence-electron chi connectivity index (χ0n) is 17.7. The summed E-state index contributed by atoms with van der Waals surface area (Å²) >= 11 is 0. The summed E-state index contributed by atoms with van der Waals surface area (Å²) in [4.78, 5) is 22.0. The Labute approximate surface area is 175 Å². The molecule has 172 valence electrons. The average molecular weight is 455 g/mol. The van der Waals surface area contributed by atoms with E-state index in [9.17, 15) is 27.2 Å². The first-order valence-electron chi connectivity index (χ1n) is 9.88. The molecule has 0 heterocycles. The first-order valence-corrected chi connectivity index (χ1v) is 11.9. The van der Waals surface area contributed by atoms with E-state index in [0.717, 1.165) is 12.8 Å². The van der Waals surface area contributed by atoms with Crippen molar-refractivity contribution < 1.29 is 36.0 Å². The molecule has 0 radical (unpaired) electrons. The van der Waals surface area contributed by atoms with Gasteiger partial charge in [0.15, 0.2) is 23.3 Å². The van der Waals surface area contributed by atoms with Gasteiger partial charge >= 0.3 is 8.80 Å². The SMILES string of the molecule is CCCCC(CCC)Nc1c(F)c(F)c(C(=O)NCC[Si](O)(OC)OC)c(F)c1F. The summed E-state index contributed by atoms with van der Waals surface area (Å²) in [5.41, 5.74) is -2.28. The molecule has 11 heteroatoms. The van der Waals surface area contributed by atoms with Gasteiger partial charge in [-0.15, -0.1) is 0 Å². The maximum atomic E-state index is 14.5. The summed E-state index contributed by atoms with van der Waals surface area (Å²) in [6.45, 7) is 3.57. The predicted octanol–water partition coefficient (Wildman–Crippen LogP) is 3.97. The number of benzene rings is 1. The second-order valence-electron chi connectivity index (χ2n) is 6.90. The van der Waals surface area contributed by atoms with Crippen molar-refractivity contribution >= 4 is 20.4 Å². The van der Waals surface area contributed by atoms with Crippen LogP contribution in [0, 0.1) is 23.3 Å². The Morgan fingerprint density at radius 2 is 1.57 bits per heavy atom. The fourth-order valence-electron chi connectivity index (χ4n) is 2.96. The van der Waals surface area contributed by atoms with Gasteiger partial charge in [0.05, 0.1) is 0 Å². The van der Waals surface area contributed by atoms with Crippen LogP contribution in [0.5, 0.6) is 0 Å². The fourth-order valence-corrected chi connectivity index (χ4v) is 3.98. The molecule has 0 aliphatic heterocycles. The lowest BCUT2D eigenvalue weighted by molar-refractivity contribution is 0.0941. The number of carbonyl (C=O) groups excluding carboxylic acids is 1. The largest absolute Gasteiger partial charge is 0.499 e. The number of nitrogens with one attached hydrogen (secondary N) is 2. The van der Waals surface area contributed by atoms with Crippen LogP contribution in [0.3, 0.4) is 0 Å². The summed E-state index contributed by atoms with van der Waals surface area (Å²) in [6.07, 6.45) is 3.51. The molecule has 0 spiro atoms. The van der Waals surface area contributed by atoms with Crippen molar-refractivity contribution in [2.75, 3.05) is 26.1 Å². The van der Waals surface area contributed by atoms with E-state index in [-0.39, 0.29) is 18.6 Å². The van der Waals surface area contributed by atoms with Gasteiger partial charge in [-0.2, -0.15) is 0 Å². The van der Waals surface area contributed by atoms with E-state index in [1.807, 2.05) is 13.8 Å². The molecule has 0 saturated carbocycles. The minimum absolute atomic E-state index is 0.157. The maximum Gasteiger partial charge on any atom is 0.499 e. The quantitative estimate of drug-likeness (QED) is 0.239. The molecule has 0 aliphatic carbocycles. The standard InChI is InChI=1S/C19H30F4N2O4Si/c1-5-7-9-12(8-6-2)25-18-16(22)14(20)13(15(21)17(18)23)19(26)24-10-11-30(27,28-3)29-4/h12,25,27H,5-11H2,1-4H3,(H,24,26). The van der Waals surface area contributed by atoms with Gasteiger partial charge in [-0.3, -0.25) is 4.79 Å². The number of hydrogen-bond acceptors (Lipinski definition) is 5. The van der Waals surface area contributed by atoms with Crippen molar-refractivity contribution in [3.8, 4) is 0 Å². The van der Waals surface area contributed by atoms with Crippen LogP contribution in [0.2, 0.25) is 6.04 Å². The minimum Gasteiger partial charge on any atom is -0.390 e. The third-order valence-corrected chi connectivity index (χ3v) is 6.90. The highest BCUT2D eigenvalue weighted by molar-refractivity contribution is 6.59. The Morgan fingerprint density at radius 1 is 1.00 bits per heavy atom. The monoisotopic (exact) mass is 454 g/mol. The van der Waals surface area contributed by atoms with Crippen molar-refractivity contribution in [1.82, 2.24) is 5.32 Å². The maximum absolute atomic E-state index is 14.5. The molecule has 30 heavy (non-hydrogen) atoms. The Morgan fingerprint density at radius 3 is 2.03 bits per heavy atom. The van der Waals surface area contributed by atoms with Crippen molar-refractivity contribution in [2.45, 2.75) is 58.0 Å². The molecular formula is C19H30F4N2O4Si. The normalized spacial score (nSPS) is 12.7. The van der Waals surface area contributed by atoms with E-state index in [2.05, 4.69) is 10.6 Å². The number of unbranched alkanes of at least 4 members (excludes halogenated alkanes) is 1. The molecule has 1 amide bonds. The minimum atomic E-state index is -3.52. The Kier molecular flexibility index (Phi) is 10.7. The van der Waals surface area contributed by atoms with Crippen molar-refractivity contribution in [3.63, 3.8) is 0 Å². The summed E-state index contributed by atoms with van der Waals surface area (Å²) < 4.78 is 67.6. The molecule has 0 bridgehead atoms. The zero-order chi connectivity index (χ0) is 22.9. The molecule has 1 unspecified atom stereocenters. The van der Waals surface area contributed by atoms with E-state index in [1.165, 1.54) is 14.2 Å². The number of hydrogen-bond donors (Lipinski definition) is 3. The number of anilines is 1. The molecule has 0 aromatic heterocycles. The van der Waals surface area contributed by atoms with E-state index >= 15 is 0 Å². The molecule has 1 rings (SSSR count). The lowest BCUT2D eigenvalue weighted by Gasteiger charge is -2.21. The second kappa shape index (κ2) is 12.2. The smallest absolute Gasteiger partial charge is 0.390 e. The van der Waals surface area contributed by atoms with Gasteiger partial charge in [-0.05, 0) is 12.8 Å². The first-order chi connectivity index (χ1) is 14.2. The number of carbonyl (C=O) groups is 1. The second-order valence-corrected chi connectivity index (χ2v) is 9.65. The van der Waals surface area contributed by atoms with Gasteiger partial charge in [0, 0.05) is 32.9 Å². The van der Waals surface area contributed by atoms with Crippen LogP contribution in [0.15, 0.2) is 0 Å². The van der Waals surface area contributed by atoms with Gasteiger partial charge in [-0.25, -0.2) is 17.6 Å². The van der Waals surface area contributed by atoms with E-state index < -0.39 is 49.2 Å². The average Bonchev–Trinajstić information content (AvgIpc) is 2.73. The summed E-state index contributed by atoms with van der Waals surface area (Å²) in [6, 6.07) is -0.515. The van der Waals surface area contributed by atoms with E-state index in [1.54, 1.807) is 0 Å². The molecule has 3 N–H and O–H groups in total. The molecule has 0 aliphatic rings. The van der Waals surface area contributed by atoms with E-state index in [0.29, 0.717) is 19.3 Å². The summed E-state index contributed by atoms with van der Waals surface area (Å²) in [7, 11) is -1.10. The van der Waals surface area contributed by atoms with Crippen LogP contribution in [-0.4, -0.2) is 46.3 Å². The third-order valence-electron chi connectivity index (χ3n) is 4.75. The van der Waals surface area contributed by atoms with Crippen LogP contribution in [0.4, 0.5) is 23.2 Å². The number of amides is 1. The molecule has 0 saturated heterocycles. The van der Waals surface area contributed by atoms with Crippen LogP contribution in [0.25, 0.3) is 0 Å². The van der Waals surface area contributed by atoms with E-state index in [4.69, 9.17) is 8.85 Å². The van der Waals surface area contributed by atoms with Crippen molar-refractivity contribution in [3.05, 3.63) is 28.8 Å². The Hall–Kier alpha value is -1.69. The summed E-state index contributed by atoms with van der Waals surface area (Å²) in [5, 5.41) is 4.67. The topological polar surface area (TPSA) is 79.8 Å². The van der Waals surface area contributed by atoms with Crippen LogP contribution < -0.4 is 10.6 Å². The molecular weight excluding hydrogens is 424 g/mol. The lowest BCUT2D eigenvalue weighted by Crippen LogP contribution is -2.43. The molecule has 1 aromatic rings. The van der Waals surface area contributed by atoms with Crippen LogP contribution in [-0.2, 0) is 8.85 Å². The third kappa shape index (κ3) is 6.66. The molecule has 6 nitrogen and oxygen atoms in total. The molecule has 1 aromatic carbocycles. The fraction of sp³-hybridized carbons (Fsp3) is 0.632. The van der Waals surface area contributed by atoms with Gasteiger partial charge in [0.25, 0.3) is 5.91 Å². The number of halogens is 4. The van der Waals surface area contributed by atoms with Crippen LogP contribution in [0.1, 0.15) is 56.3 Å². The van der Waals surface area contributed by atoms with Gasteiger partial charge in [0.1, 0.15) is 11.3 Å². The van der Waals surface area contributed by atoms with Gasteiger partial charge < -0.3 is 24.3 Å². The lowest BCUT2D eigenvalue weighted by atomic mass is 10.0. The highest BCUT2D eigenvalue weighted by Gasteiger charge is 2.35. The van der Waals surface area contributed by atoms with Gasteiger partial charge in [0.2, 0.25) is 0 Å². The highest BCUT2D eigenvalue weighted by Crippen LogP contribution is 2.30. The zero-order valence-corrected chi connectivity index (χ0v) is 18.7. The summed E-state index contributed by atoms with van der Waals surface area (Å²) in [5.74, 6) is -8.24. The van der Waals surface area contributed by atoms with Crippen LogP contribution >= 0.6 is 0 Å². The Bertz CT molecular complexity index is 691. The Balaban J connectivity index is 3.07. The number of rotatable bonds is 13. The van der Waals surface area contributed by atoms with Crippen molar-refractivity contribution in [1.29, 1.82) is 0 Å². The van der Waals surface area contributed by atoms with Crippen molar-refractivity contribution in [2.24, 2.45) is 0 Å². The predicted molar refractivity (Wildman–Crippen MR) is 107 cm³/mol.